The summed E-state index contributed by atoms with van der Waals surface area (Å²) >= 11 is 0. The summed E-state index contributed by atoms with van der Waals surface area (Å²) in [5, 5.41) is 0. The van der Waals surface area contributed by atoms with Crippen molar-refractivity contribution in [3.05, 3.63) is 138 Å². The van der Waals surface area contributed by atoms with Crippen LogP contribution in [0.2, 0.25) is 0 Å². The van der Waals surface area contributed by atoms with Crippen molar-refractivity contribution in [2.45, 2.75) is 38.9 Å². The standard InChI is InChI=1S/C36H36N4.3ClH/c1-28-12-14-33(15-13-28)40(27-30-17-21-38-36(25-30)32-10-6-3-7-11-32)34-18-22-39(23-19-34)26-29-16-20-37-35(24-29)31-8-4-2-5-9-31;;;/h2-17,20-21,24-25,34H,18-19,22-23,26-27H2,1H3;3*1H. The third-order valence-electron chi connectivity index (χ3n) is 7.91. The minimum absolute atomic E-state index is 0. The van der Waals surface area contributed by atoms with Crippen LogP contribution in [0.4, 0.5) is 5.69 Å². The highest BCUT2D eigenvalue weighted by Crippen LogP contribution is 2.28. The lowest BCUT2D eigenvalue weighted by Crippen LogP contribution is -2.44. The lowest BCUT2D eigenvalue weighted by atomic mass is 10.00. The molecule has 0 amide bonds. The van der Waals surface area contributed by atoms with E-state index in [1.54, 1.807) is 0 Å². The van der Waals surface area contributed by atoms with E-state index in [9.17, 15) is 0 Å². The fraction of sp³-hybridized carbons (Fsp3) is 0.222. The zero-order chi connectivity index (χ0) is 27.1. The van der Waals surface area contributed by atoms with Crippen LogP contribution in [0.25, 0.3) is 22.5 Å². The molecule has 0 unspecified atom stereocenters. The van der Waals surface area contributed by atoms with Gasteiger partial charge in [0.1, 0.15) is 0 Å². The minimum atomic E-state index is 0. The molecule has 43 heavy (non-hydrogen) atoms. The smallest absolute Gasteiger partial charge is 0.0705 e. The molecule has 7 heteroatoms. The summed E-state index contributed by atoms with van der Waals surface area (Å²) in [4.78, 5) is 14.5. The molecule has 1 aliphatic rings. The molecule has 0 atom stereocenters. The molecule has 3 heterocycles. The van der Waals surface area contributed by atoms with Gasteiger partial charge in [-0.1, -0.05) is 78.4 Å². The van der Waals surface area contributed by atoms with Crippen molar-refractivity contribution in [3.63, 3.8) is 0 Å². The van der Waals surface area contributed by atoms with E-state index < -0.39 is 0 Å². The topological polar surface area (TPSA) is 32.3 Å². The summed E-state index contributed by atoms with van der Waals surface area (Å²) in [5.41, 5.74) is 9.61. The first-order valence-corrected chi connectivity index (χ1v) is 14.3. The average Bonchev–Trinajstić information content (AvgIpc) is 3.02. The van der Waals surface area contributed by atoms with E-state index >= 15 is 0 Å². The van der Waals surface area contributed by atoms with Crippen LogP contribution < -0.4 is 4.90 Å². The molecule has 0 N–H and O–H groups in total. The average molecular weight is 634 g/mol. The molecule has 224 valence electrons. The summed E-state index contributed by atoms with van der Waals surface area (Å²) in [6.07, 6.45) is 6.18. The molecule has 5 aromatic rings. The molecular weight excluding hydrogens is 595 g/mol. The lowest BCUT2D eigenvalue weighted by Gasteiger charge is -2.40. The van der Waals surface area contributed by atoms with Crippen LogP contribution in [-0.4, -0.2) is 34.0 Å². The van der Waals surface area contributed by atoms with E-state index in [-0.39, 0.29) is 37.2 Å². The molecule has 0 spiro atoms. The van der Waals surface area contributed by atoms with Crippen molar-refractivity contribution >= 4 is 42.9 Å². The van der Waals surface area contributed by atoms with Gasteiger partial charge in [-0.25, -0.2) is 0 Å². The Labute approximate surface area is 274 Å². The molecule has 0 bridgehead atoms. The third-order valence-corrected chi connectivity index (χ3v) is 7.91. The Morgan fingerprint density at radius 2 is 1.16 bits per heavy atom. The van der Waals surface area contributed by atoms with E-state index in [1.165, 1.54) is 27.9 Å². The Hall–Kier alpha value is -3.41. The highest BCUT2D eigenvalue weighted by Gasteiger charge is 2.25. The van der Waals surface area contributed by atoms with Gasteiger partial charge in [0, 0.05) is 61.4 Å². The molecule has 0 aliphatic carbocycles. The van der Waals surface area contributed by atoms with E-state index in [0.717, 1.165) is 56.0 Å². The monoisotopic (exact) mass is 632 g/mol. The second-order valence-electron chi connectivity index (χ2n) is 10.8. The van der Waals surface area contributed by atoms with Crippen molar-refractivity contribution in [3.8, 4) is 22.5 Å². The first kappa shape index (κ1) is 34.1. The number of aromatic nitrogens is 2. The maximum Gasteiger partial charge on any atom is 0.0705 e. The van der Waals surface area contributed by atoms with Gasteiger partial charge in [0.25, 0.3) is 0 Å². The largest absolute Gasteiger partial charge is 0.364 e. The van der Waals surface area contributed by atoms with Crippen LogP contribution in [-0.2, 0) is 13.1 Å². The maximum absolute atomic E-state index is 4.66. The molecule has 6 rings (SSSR count). The van der Waals surface area contributed by atoms with E-state index in [4.69, 9.17) is 0 Å². The molecule has 0 saturated carbocycles. The zero-order valence-electron chi connectivity index (χ0n) is 24.4. The third kappa shape index (κ3) is 8.81. The van der Waals surface area contributed by atoms with Crippen molar-refractivity contribution in [1.82, 2.24) is 14.9 Å². The number of rotatable bonds is 8. The Bertz CT molecular complexity index is 1520. The number of benzene rings is 3. The molecule has 1 fully saturated rings. The number of hydrogen-bond acceptors (Lipinski definition) is 4. The number of halogens is 3. The Morgan fingerprint density at radius 1 is 0.651 bits per heavy atom. The fourth-order valence-corrected chi connectivity index (χ4v) is 5.69. The highest BCUT2D eigenvalue weighted by atomic mass is 35.5. The summed E-state index contributed by atoms with van der Waals surface area (Å²) in [7, 11) is 0. The van der Waals surface area contributed by atoms with Crippen LogP contribution in [0.15, 0.2) is 122 Å². The molecule has 3 aromatic carbocycles. The quantitative estimate of drug-likeness (QED) is 0.171. The van der Waals surface area contributed by atoms with E-state index in [2.05, 4.69) is 130 Å². The fourth-order valence-electron chi connectivity index (χ4n) is 5.69. The molecule has 2 aromatic heterocycles. The summed E-state index contributed by atoms with van der Waals surface area (Å²) < 4.78 is 0. The van der Waals surface area contributed by atoms with Crippen molar-refractivity contribution in [1.29, 1.82) is 0 Å². The van der Waals surface area contributed by atoms with Crippen molar-refractivity contribution in [2.24, 2.45) is 0 Å². The first-order chi connectivity index (χ1) is 19.7. The van der Waals surface area contributed by atoms with Gasteiger partial charge >= 0.3 is 0 Å². The number of anilines is 1. The van der Waals surface area contributed by atoms with Crippen LogP contribution >= 0.6 is 37.2 Å². The zero-order valence-corrected chi connectivity index (χ0v) is 26.8. The van der Waals surface area contributed by atoms with Crippen LogP contribution in [0.5, 0.6) is 0 Å². The van der Waals surface area contributed by atoms with E-state index in [1.807, 2.05) is 18.5 Å². The van der Waals surface area contributed by atoms with E-state index in [0.29, 0.717) is 6.04 Å². The second kappa shape index (κ2) is 16.4. The molecule has 4 nitrogen and oxygen atoms in total. The van der Waals surface area contributed by atoms with Gasteiger partial charge in [0.2, 0.25) is 0 Å². The first-order valence-electron chi connectivity index (χ1n) is 14.3. The van der Waals surface area contributed by atoms with Gasteiger partial charge in [0.05, 0.1) is 11.4 Å². The van der Waals surface area contributed by atoms with Gasteiger partial charge in [-0.15, -0.1) is 37.2 Å². The number of likely N-dealkylation sites (tertiary alicyclic amines) is 1. The van der Waals surface area contributed by atoms with Gasteiger partial charge < -0.3 is 4.90 Å². The van der Waals surface area contributed by atoms with Crippen LogP contribution in [0.1, 0.15) is 29.5 Å². The molecule has 1 saturated heterocycles. The second-order valence-corrected chi connectivity index (χ2v) is 10.8. The summed E-state index contributed by atoms with van der Waals surface area (Å²) in [6, 6.07) is 39.2. The van der Waals surface area contributed by atoms with Crippen LogP contribution in [0, 0.1) is 6.92 Å². The Morgan fingerprint density at radius 3 is 1.72 bits per heavy atom. The SMILES string of the molecule is Cc1ccc(N(Cc2ccnc(-c3ccccc3)c2)C2CCN(Cc3ccnc(-c4ccccc4)c3)CC2)cc1.Cl.Cl.Cl. The predicted octanol–water partition coefficient (Wildman–Crippen LogP) is 9.06. The number of aryl methyl sites for hydroxylation is 1. The molecule has 0 radical (unpaired) electrons. The number of piperidine rings is 1. The van der Waals surface area contributed by atoms with Crippen molar-refractivity contribution in [2.75, 3.05) is 18.0 Å². The normalized spacial score (nSPS) is 13.2. The van der Waals surface area contributed by atoms with Gasteiger partial charge in [-0.2, -0.15) is 0 Å². The summed E-state index contributed by atoms with van der Waals surface area (Å²) in [5.74, 6) is 0. The van der Waals surface area contributed by atoms with Gasteiger partial charge in [-0.05, 0) is 67.3 Å². The molecule has 1 aliphatic heterocycles. The highest BCUT2D eigenvalue weighted by molar-refractivity contribution is 5.86. The predicted molar refractivity (Wildman–Crippen MR) is 187 cm³/mol. The molecular formula is C36H39Cl3N4. The Kier molecular flexibility index (Phi) is 13.0. The maximum atomic E-state index is 4.66. The number of pyridine rings is 2. The minimum Gasteiger partial charge on any atom is -0.364 e. The van der Waals surface area contributed by atoms with Crippen molar-refractivity contribution < 1.29 is 0 Å². The lowest BCUT2D eigenvalue weighted by molar-refractivity contribution is 0.201. The Balaban J connectivity index is 0.00000169. The number of nitrogens with zero attached hydrogens (tertiary/aromatic N) is 4. The summed E-state index contributed by atoms with van der Waals surface area (Å²) in [6.45, 7) is 6.17. The van der Waals surface area contributed by atoms with Crippen LogP contribution in [0.3, 0.4) is 0 Å². The van der Waals surface area contributed by atoms with Gasteiger partial charge in [0.15, 0.2) is 0 Å². The number of hydrogen-bond donors (Lipinski definition) is 0. The van der Waals surface area contributed by atoms with Gasteiger partial charge in [-0.3, -0.25) is 14.9 Å².